The van der Waals surface area contributed by atoms with E-state index in [4.69, 9.17) is 5.11 Å². The molecular weight excluding hydrogens is 142 g/mol. The Bertz CT molecular complexity index is 156. The minimum Gasteiger partial charge on any atom is -0.481 e. The van der Waals surface area contributed by atoms with Gasteiger partial charge in [-0.2, -0.15) is 0 Å². The Balaban J connectivity index is 2.37. The molecule has 0 aromatic carbocycles. The molecule has 0 bridgehead atoms. The number of rotatable bonds is 2. The van der Waals surface area contributed by atoms with Crippen LogP contribution in [0.5, 0.6) is 0 Å². The van der Waals surface area contributed by atoms with Crippen molar-refractivity contribution in [3.8, 4) is 0 Å². The summed E-state index contributed by atoms with van der Waals surface area (Å²) in [5.41, 5.74) is 0. The summed E-state index contributed by atoms with van der Waals surface area (Å²) in [6.45, 7) is 0. The molecule has 0 heterocycles. The fourth-order valence-electron chi connectivity index (χ4n) is 1.03. The lowest BCUT2D eigenvalue weighted by molar-refractivity contribution is -0.158. The van der Waals surface area contributed by atoms with Crippen LogP contribution in [0, 0.1) is 5.92 Å². The lowest BCUT2D eigenvalue weighted by atomic mass is 9.79. The largest absolute Gasteiger partial charge is 0.481 e. The van der Waals surface area contributed by atoms with E-state index in [-0.39, 0.29) is 6.42 Å². The number of carboxylic acids is 1. The van der Waals surface area contributed by atoms with Crippen LogP contribution in [-0.4, -0.2) is 17.0 Å². The molecule has 0 radical (unpaired) electrons. The average molecular weight is 150 g/mol. The van der Waals surface area contributed by atoms with E-state index in [2.05, 4.69) is 0 Å². The van der Waals surface area contributed by atoms with Crippen LogP contribution in [0.3, 0.4) is 0 Å². The fourth-order valence-corrected chi connectivity index (χ4v) is 1.03. The zero-order valence-electron chi connectivity index (χ0n) is 5.31. The van der Waals surface area contributed by atoms with Crippen molar-refractivity contribution in [3.05, 3.63) is 0 Å². The van der Waals surface area contributed by atoms with Crippen molar-refractivity contribution >= 4 is 5.97 Å². The highest BCUT2D eigenvalue weighted by molar-refractivity contribution is 5.67. The summed E-state index contributed by atoms with van der Waals surface area (Å²) in [4.78, 5) is 9.96. The standard InChI is InChI=1S/C6H8F2O2/c7-6(8)2-1-4(6)3-5(9)10/h4H,1-3H2,(H,9,10). The van der Waals surface area contributed by atoms with Gasteiger partial charge in [0.05, 0.1) is 6.42 Å². The van der Waals surface area contributed by atoms with E-state index in [9.17, 15) is 13.6 Å². The van der Waals surface area contributed by atoms with Crippen LogP contribution >= 0.6 is 0 Å². The van der Waals surface area contributed by atoms with E-state index in [1.54, 1.807) is 0 Å². The Kier molecular flexibility index (Phi) is 1.62. The Morgan fingerprint density at radius 2 is 2.30 bits per heavy atom. The molecule has 1 N–H and O–H groups in total. The number of aliphatic carboxylic acids is 1. The van der Waals surface area contributed by atoms with Gasteiger partial charge in [-0.05, 0) is 6.42 Å². The highest BCUT2D eigenvalue weighted by atomic mass is 19.3. The van der Waals surface area contributed by atoms with Crippen LogP contribution < -0.4 is 0 Å². The van der Waals surface area contributed by atoms with Gasteiger partial charge in [0.2, 0.25) is 0 Å². The van der Waals surface area contributed by atoms with Crippen LogP contribution in [-0.2, 0) is 4.79 Å². The van der Waals surface area contributed by atoms with Crippen molar-refractivity contribution in [2.45, 2.75) is 25.2 Å². The zero-order valence-corrected chi connectivity index (χ0v) is 5.31. The van der Waals surface area contributed by atoms with Gasteiger partial charge < -0.3 is 5.11 Å². The number of halogens is 2. The minimum absolute atomic E-state index is 0.148. The van der Waals surface area contributed by atoms with Crippen LogP contribution in [0.4, 0.5) is 8.78 Å². The maximum atomic E-state index is 12.3. The van der Waals surface area contributed by atoms with Gasteiger partial charge in [0, 0.05) is 12.3 Å². The van der Waals surface area contributed by atoms with Crippen molar-refractivity contribution in [2.75, 3.05) is 0 Å². The number of carboxylic acid groups (broad SMARTS) is 1. The lowest BCUT2D eigenvalue weighted by Gasteiger charge is -2.34. The van der Waals surface area contributed by atoms with Crippen LogP contribution in [0.2, 0.25) is 0 Å². The summed E-state index contributed by atoms with van der Waals surface area (Å²) in [5.74, 6) is -4.76. The van der Waals surface area contributed by atoms with E-state index in [1.165, 1.54) is 0 Å². The first kappa shape index (κ1) is 7.44. The number of hydrogen-bond acceptors (Lipinski definition) is 1. The molecule has 1 aliphatic rings. The molecule has 1 aliphatic carbocycles. The monoisotopic (exact) mass is 150 g/mol. The molecule has 1 atom stereocenters. The number of carbonyl (C=O) groups is 1. The number of hydrogen-bond donors (Lipinski definition) is 1. The maximum absolute atomic E-state index is 12.3. The molecule has 1 unspecified atom stereocenters. The van der Waals surface area contributed by atoms with Gasteiger partial charge in [-0.25, -0.2) is 8.78 Å². The minimum atomic E-state index is -2.71. The number of alkyl halides is 2. The first-order valence-electron chi connectivity index (χ1n) is 3.12. The van der Waals surface area contributed by atoms with Gasteiger partial charge in [0.1, 0.15) is 0 Å². The van der Waals surface area contributed by atoms with Gasteiger partial charge in [0.15, 0.2) is 0 Å². The molecule has 58 valence electrons. The third-order valence-electron chi connectivity index (χ3n) is 1.84. The highest BCUT2D eigenvalue weighted by Crippen LogP contribution is 2.45. The molecule has 1 rings (SSSR count). The molecule has 0 spiro atoms. The molecule has 0 amide bonds. The maximum Gasteiger partial charge on any atom is 0.303 e. The second-order valence-corrected chi connectivity index (χ2v) is 2.59. The first-order valence-corrected chi connectivity index (χ1v) is 3.12. The van der Waals surface area contributed by atoms with Crippen LogP contribution in [0.25, 0.3) is 0 Å². The van der Waals surface area contributed by atoms with Gasteiger partial charge >= 0.3 is 5.97 Å². The first-order chi connectivity index (χ1) is 4.52. The molecule has 0 aromatic rings. The zero-order chi connectivity index (χ0) is 7.78. The second-order valence-electron chi connectivity index (χ2n) is 2.59. The van der Waals surface area contributed by atoms with Gasteiger partial charge in [0.25, 0.3) is 5.92 Å². The van der Waals surface area contributed by atoms with Gasteiger partial charge in [-0.3, -0.25) is 4.79 Å². The summed E-state index contributed by atoms with van der Waals surface area (Å²) in [7, 11) is 0. The Labute approximate surface area is 56.8 Å². The molecule has 4 heteroatoms. The molecule has 2 nitrogen and oxygen atoms in total. The molecule has 0 saturated heterocycles. The van der Waals surface area contributed by atoms with E-state index >= 15 is 0 Å². The topological polar surface area (TPSA) is 37.3 Å². The predicted octanol–water partition coefficient (Wildman–Crippen LogP) is 1.51. The molecule has 10 heavy (non-hydrogen) atoms. The Hall–Kier alpha value is -0.670. The molecule has 0 aromatic heterocycles. The van der Waals surface area contributed by atoms with E-state index in [0.717, 1.165) is 0 Å². The van der Waals surface area contributed by atoms with E-state index in [0.29, 0.717) is 6.42 Å². The summed E-state index contributed by atoms with van der Waals surface area (Å²) in [6, 6.07) is 0. The quantitative estimate of drug-likeness (QED) is 0.647. The molecule has 1 saturated carbocycles. The van der Waals surface area contributed by atoms with Crippen LogP contribution in [0.1, 0.15) is 19.3 Å². The van der Waals surface area contributed by atoms with E-state index < -0.39 is 24.2 Å². The summed E-state index contributed by atoms with van der Waals surface area (Å²) in [6.07, 6.45) is -0.197. The van der Waals surface area contributed by atoms with Crippen molar-refractivity contribution in [2.24, 2.45) is 5.92 Å². The fraction of sp³-hybridized carbons (Fsp3) is 0.833. The smallest absolute Gasteiger partial charge is 0.303 e. The summed E-state index contributed by atoms with van der Waals surface area (Å²) < 4.78 is 24.6. The van der Waals surface area contributed by atoms with Crippen LogP contribution in [0.15, 0.2) is 0 Å². The normalized spacial score (nSPS) is 29.2. The third kappa shape index (κ3) is 1.25. The molecule has 1 fully saturated rings. The SMILES string of the molecule is O=C(O)CC1CCC1(F)F. The van der Waals surface area contributed by atoms with Crippen molar-refractivity contribution in [1.82, 2.24) is 0 Å². The summed E-state index contributed by atoms with van der Waals surface area (Å²) in [5, 5.41) is 8.15. The molecule has 0 aliphatic heterocycles. The van der Waals surface area contributed by atoms with Gasteiger partial charge in [-0.15, -0.1) is 0 Å². The van der Waals surface area contributed by atoms with Gasteiger partial charge in [-0.1, -0.05) is 0 Å². The van der Waals surface area contributed by atoms with Crippen molar-refractivity contribution < 1.29 is 18.7 Å². The highest BCUT2D eigenvalue weighted by Gasteiger charge is 2.48. The average Bonchev–Trinajstić information content (AvgIpc) is 1.81. The van der Waals surface area contributed by atoms with Crippen molar-refractivity contribution in [1.29, 1.82) is 0 Å². The third-order valence-corrected chi connectivity index (χ3v) is 1.84. The second kappa shape index (κ2) is 2.18. The predicted molar refractivity (Wildman–Crippen MR) is 29.9 cm³/mol. The molecular formula is C6H8F2O2. The Morgan fingerprint density at radius 1 is 1.70 bits per heavy atom. The Morgan fingerprint density at radius 3 is 2.40 bits per heavy atom. The summed E-state index contributed by atoms with van der Waals surface area (Å²) >= 11 is 0. The van der Waals surface area contributed by atoms with E-state index in [1.807, 2.05) is 0 Å². The lowest BCUT2D eigenvalue weighted by Crippen LogP contribution is -2.39. The van der Waals surface area contributed by atoms with Crippen molar-refractivity contribution in [3.63, 3.8) is 0 Å².